The monoisotopic (exact) mass is 700 g/mol. The summed E-state index contributed by atoms with van der Waals surface area (Å²) in [6, 6.07) is 0. The van der Waals surface area contributed by atoms with Gasteiger partial charge in [0.1, 0.15) is 0 Å². The van der Waals surface area contributed by atoms with Crippen LogP contribution in [-0.2, 0) is 0 Å². The molecule has 0 saturated heterocycles. The highest BCUT2D eigenvalue weighted by Gasteiger charge is 2.95. The molecule has 0 aromatic carbocycles. The molecule has 0 aliphatic heterocycles. The Labute approximate surface area is 213 Å². The van der Waals surface area contributed by atoms with Crippen molar-refractivity contribution >= 4 is 22.6 Å². The summed E-state index contributed by atoms with van der Waals surface area (Å²) < 4.78 is 226. The SMILES string of the molecule is CCCCCCCC(I)(CC)CC(F)(F)C(F)(F)C(F)(F)C(F)(F)C(F)(F)C(F)(F)C(F)(F)C(F)(F)F. The van der Waals surface area contributed by atoms with Gasteiger partial charge < -0.3 is 0 Å². The number of rotatable bonds is 15. The van der Waals surface area contributed by atoms with E-state index in [0.717, 1.165) is 35.9 Å². The van der Waals surface area contributed by atoms with Crippen LogP contribution in [0.2, 0.25) is 0 Å². The Balaban J connectivity index is 6.39. The Morgan fingerprint density at radius 3 is 1.16 bits per heavy atom. The molecule has 0 rings (SSSR count). The van der Waals surface area contributed by atoms with Crippen LogP contribution < -0.4 is 0 Å². The zero-order valence-electron chi connectivity index (χ0n) is 19.0. The third kappa shape index (κ3) is 6.32. The van der Waals surface area contributed by atoms with Crippen LogP contribution >= 0.6 is 22.6 Å². The molecular formula is C19H22F17I. The summed E-state index contributed by atoms with van der Waals surface area (Å²) in [5, 5.41) is 0. The third-order valence-electron chi connectivity index (χ3n) is 5.69. The molecule has 0 heterocycles. The van der Waals surface area contributed by atoms with Crippen molar-refractivity contribution in [2.75, 3.05) is 0 Å². The van der Waals surface area contributed by atoms with Gasteiger partial charge in [0.15, 0.2) is 0 Å². The average Bonchev–Trinajstić information content (AvgIpc) is 2.71. The predicted octanol–water partition coefficient (Wildman–Crippen LogP) is 10.3. The molecular weight excluding hydrogens is 678 g/mol. The van der Waals surface area contributed by atoms with Gasteiger partial charge in [0.05, 0.1) is 0 Å². The molecule has 0 nitrogen and oxygen atoms in total. The summed E-state index contributed by atoms with van der Waals surface area (Å²) in [5.41, 5.74) is 0. The normalized spacial score (nSPS) is 17.2. The second-order valence-corrected chi connectivity index (χ2v) is 10.8. The summed E-state index contributed by atoms with van der Waals surface area (Å²) in [7, 11) is 0. The second kappa shape index (κ2) is 11.2. The highest BCUT2D eigenvalue weighted by molar-refractivity contribution is 14.1. The van der Waals surface area contributed by atoms with Gasteiger partial charge in [-0.3, -0.25) is 0 Å². The number of hydrogen-bond donors (Lipinski definition) is 0. The van der Waals surface area contributed by atoms with E-state index >= 15 is 0 Å². The van der Waals surface area contributed by atoms with E-state index in [0.29, 0.717) is 19.3 Å². The van der Waals surface area contributed by atoms with Crippen LogP contribution in [0, 0.1) is 0 Å². The molecule has 0 amide bonds. The molecule has 0 aromatic rings. The van der Waals surface area contributed by atoms with E-state index in [1.807, 2.05) is 0 Å². The number of unbranched alkanes of at least 4 members (excludes halogenated alkanes) is 4. The fourth-order valence-electron chi connectivity index (χ4n) is 3.14. The summed E-state index contributed by atoms with van der Waals surface area (Å²) >= 11 is 1.12. The largest absolute Gasteiger partial charge is 0.460 e. The molecule has 0 spiro atoms. The highest BCUT2D eigenvalue weighted by atomic mass is 127. The van der Waals surface area contributed by atoms with Crippen LogP contribution in [0.4, 0.5) is 74.6 Å². The molecule has 0 radical (unpaired) electrons. The fraction of sp³-hybridized carbons (Fsp3) is 1.00. The molecule has 37 heavy (non-hydrogen) atoms. The maximum Gasteiger partial charge on any atom is 0.460 e. The van der Waals surface area contributed by atoms with Gasteiger partial charge >= 0.3 is 47.6 Å². The Morgan fingerprint density at radius 2 is 0.811 bits per heavy atom. The van der Waals surface area contributed by atoms with Gasteiger partial charge in [0.2, 0.25) is 0 Å². The minimum Gasteiger partial charge on any atom is -0.200 e. The Bertz CT molecular complexity index is 743. The molecule has 0 aromatic heterocycles. The smallest absolute Gasteiger partial charge is 0.200 e. The zero-order valence-corrected chi connectivity index (χ0v) is 21.1. The van der Waals surface area contributed by atoms with Crippen LogP contribution in [0.1, 0.15) is 65.2 Å². The van der Waals surface area contributed by atoms with E-state index in [2.05, 4.69) is 0 Å². The van der Waals surface area contributed by atoms with Crippen molar-refractivity contribution in [3.05, 3.63) is 0 Å². The summed E-state index contributed by atoms with van der Waals surface area (Å²) in [5.74, 6) is -55.9. The average molecular weight is 700 g/mol. The first-order chi connectivity index (χ1) is 16.1. The quantitative estimate of drug-likeness (QED) is 0.0691. The highest BCUT2D eigenvalue weighted by Crippen LogP contribution is 2.64. The topological polar surface area (TPSA) is 0 Å². The lowest BCUT2D eigenvalue weighted by atomic mass is 9.84. The van der Waals surface area contributed by atoms with Gasteiger partial charge in [-0.2, -0.15) is 74.6 Å². The minimum absolute atomic E-state index is 0.0573. The van der Waals surface area contributed by atoms with E-state index in [1.165, 1.54) is 0 Å². The second-order valence-electron chi connectivity index (χ2n) is 8.49. The lowest BCUT2D eigenvalue weighted by molar-refractivity contribution is -0.462. The molecule has 0 bridgehead atoms. The first-order valence-electron chi connectivity index (χ1n) is 10.5. The molecule has 224 valence electrons. The molecule has 1 atom stereocenters. The first-order valence-corrected chi connectivity index (χ1v) is 11.6. The fourth-order valence-corrected chi connectivity index (χ4v) is 4.00. The standard InChI is InChI=1S/C19H22F17I/c1-3-5-6-7-8-9-11(37,4-2)10-12(20,21)13(22,23)14(24,25)15(26,27)16(28,29)17(30,31)18(32,33)19(34,35)36/h3-10H2,1-2H3. The summed E-state index contributed by atoms with van der Waals surface area (Å²) in [4.78, 5) is 0. The van der Waals surface area contributed by atoms with Gasteiger partial charge in [-0.05, 0) is 12.8 Å². The van der Waals surface area contributed by atoms with Crippen molar-refractivity contribution in [1.82, 2.24) is 0 Å². The predicted molar refractivity (Wildman–Crippen MR) is 106 cm³/mol. The van der Waals surface area contributed by atoms with E-state index in [9.17, 15) is 74.6 Å². The van der Waals surface area contributed by atoms with E-state index < -0.39 is 63.9 Å². The van der Waals surface area contributed by atoms with Crippen LogP contribution in [0.3, 0.4) is 0 Å². The Hall–Kier alpha value is -0.460. The van der Waals surface area contributed by atoms with Crippen molar-refractivity contribution in [2.45, 2.75) is 116 Å². The van der Waals surface area contributed by atoms with E-state index in [4.69, 9.17) is 0 Å². The first kappa shape index (κ1) is 36.5. The number of hydrogen-bond acceptors (Lipinski definition) is 0. The van der Waals surface area contributed by atoms with E-state index in [-0.39, 0.29) is 12.8 Å². The van der Waals surface area contributed by atoms with Gasteiger partial charge in [-0.25, -0.2) is 0 Å². The zero-order chi connectivity index (χ0) is 30.2. The molecule has 1 unspecified atom stereocenters. The van der Waals surface area contributed by atoms with Crippen molar-refractivity contribution in [1.29, 1.82) is 0 Å². The van der Waals surface area contributed by atoms with Crippen LogP contribution in [-0.4, -0.2) is 51.1 Å². The number of halogens is 18. The van der Waals surface area contributed by atoms with Crippen LogP contribution in [0.15, 0.2) is 0 Å². The van der Waals surface area contributed by atoms with Crippen LogP contribution in [0.25, 0.3) is 0 Å². The molecule has 0 aliphatic carbocycles. The van der Waals surface area contributed by atoms with Crippen molar-refractivity contribution in [3.8, 4) is 0 Å². The summed E-state index contributed by atoms with van der Waals surface area (Å²) in [6.07, 6.45) is -8.60. The van der Waals surface area contributed by atoms with E-state index in [1.54, 1.807) is 6.92 Å². The molecule has 0 saturated carbocycles. The molecule has 18 heteroatoms. The Kier molecular flexibility index (Phi) is 11.1. The Morgan fingerprint density at radius 1 is 0.459 bits per heavy atom. The van der Waals surface area contributed by atoms with Gasteiger partial charge in [0, 0.05) is 9.84 Å². The van der Waals surface area contributed by atoms with Gasteiger partial charge in [0.25, 0.3) is 0 Å². The van der Waals surface area contributed by atoms with Crippen molar-refractivity contribution in [3.63, 3.8) is 0 Å². The van der Waals surface area contributed by atoms with Crippen LogP contribution in [0.5, 0.6) is 0 Å². The maximum absolute atomic E-state index is 14.3. The minimum atomic E-state index is -8.59. The molecule has 0 fully saturated rings. The molecule has 0 N–H and O–H groups in total. The number of alkyl halides is 18. The van der Waals surface area contributed by atoms with Crippen molar-refractivity contribution < 1.29 is 74.6 Å². The lowest BCUT2D eigenvalue weighted by Crippen LogP contribution is -2.74. The summed E-state index contributed by atoms with van der Waals surface area (Å²) in [6.45, 7) is 2.91. The van der Waals surface area contributed by atoms with Gasteiger partial charge in [-0.15, -0.1) is 0 Å². The lowest BCUT2D eigenvalue weighted by Gasteiger charge is -2.43. The molecule has 0 aliphatic rings. The third-order valence-corrected chi connectivity index (χ3v) is 7.37. The van der Waals surface area contributed by atoms with Gasteiger partial charge in [-0.1, -0.05) is 68.5 Å². The van der Waals surface area contributed by atoms with Crippen molar-refractivity contribution in [2.24, 2.45) is 0 Å². The maximum atomic E-state index is 14.3.